The molecule has 2 atom stereocenters. The minimum Gasteiger partial charge on any atom is -0.480 e. The Bertz CT molecular complexity index is 491. The van der Waals surface area contributed by atoms with Gasteiger partial charge in [0.1, 0.15) is 6.04 Å². The third kappa shape index (κ3) is 4.92. The molecule has 2 unspecified atom stereocenters. The van der Waals surface area contributed by atoms with Gasteiger partial charge in [-0.05, 0) is 19.1 Å². The van der Waals surface area contributed by atoms with E-state index in [1.54, 1.807) is 31.3 Å². The molecule has 0 saturated heterocycles. The molecule has 5 N–H and O–H groups in total. The summed E-state index contributed by atoms with van der Waals surface area (Å²) in [5, 5.41) is 13.6. The van der Waals surface area contributed by atoms with Crippen LogP contribution in [0.2, 0.25) is 0 Å². The third-order valence-electron chi connectivity index (χ3n) is 2.49. The summed E-state index contributed by atoms with van der Waals surface area (Å²) in [5.41, 5.74) is 5.54. The highest BCUT2D eigenvalue weighted by atomic mass is 16.4. The Morgan fingerprint density at radius 2 is 2.05 bits per heavy atom. The lowest BCUT2D eigenvalue weighted by Gasteiger charge is -2.17. The van der Waals surface area contributed by atoms with E-state index in [9.17, 15) is 14.4 Å². The smallest absolute Gasteiger partial charge is 0.326 e. The predicted octanol–water partition coefficient (Wildman–Crippen LogP) is -0.230. The minimum absolute atomic E-state index is 0.403. The van der Waals surface area contributed by atoms with Gasteiger partial charge in [0.25, 0.3) is 0 Å². The van der Waals surface area contributed by atoms with E-state index in [1.165, 1.54) is 0 Å². The highest BCUT2D eigenvalue weighted by Gasteiger charge is 2.22. The molecule has 1 aromatic rings. The highest BCUT2D eigenvalue weighted by molar-refractivity contribution is 5.87. The van der Waals surface area contributed by atoms with Crippen LogP contribution in [-0.2, 0) is 9.59 Å². The zero-order chi connectivity index (χ0) is 15.1. The second-order valence-electron chi connectivity index (χ2n) is 4.16. The minimum atomic E-state index is -1.36. The summed E-state index contributed by atoms with van der Waals surface area (Å²) >= 11 is 0. The fourth-order valence-corrected chi connectivity index (χ4v) is 1.50. The summed E-state index contributed by atoms with van der Waals surface area (Å²) in [5.74, 6) is -2.14. The number of amides is 3. The highest BCUT2D eigenvalue weighted by Crippen LogP contribution is 2.07. The van der Waals surface area contributed by atoms with Gasteiger partial charge in [-0.1, -0.05) is 6.07 Å². The summed E-state index contributed by atoms with van der Waals surface area (Å²) in [6.07, 6.45) is 1.11. The van der Waals surface area contributed by atoms with Crippen LogP contribution in [0.25, 0.3) is 0 Å². The molecule has 8 heteroatoms. The average molecular weight is 280 g/mol. The maximum Gasteiger partial charge on any atom is 0.326 e. The van der Waals surface area contributed by atoms with Gasteiger partial charge in [-0.3, -0.25) is 9.78 Å². The van der Waals surface area contributed by atoms with Crippen molar-refractivity contribution in [3.8, 4) is 0 Å². The van der Waals surface area contributed by atoms with Crippen LogP contribution in [0.3, 0.4) is 0 Å². The molecule has 0 fully saturated rings. The largest absolute Gasteiger partial charge is 0.480 e. The van der Waals surface area contributed by atoms with Crippen molar-refractivity contribution in [3.05, 3.63) is 30.1 Å². The lowest BCUT2D eigenvalue weighted by molar-refractivity contribution is -0.140. The summed E-state index contributed by atoms with van der Waals surface area (Å²) in [6, 6.07) is 2.76. The molecule has 8 nitrogen and oxygen atoms in total. The van der Waals surface area contributed by atoms with Crippen molar-refractivity contribution < 1.29 is 19.5 Å². The van der Waals surface area contributed by atoms with Crippen molar-refractivity contribution in [3.63, 3.8) is 0 Å². The number of urea groups is 1. The number of primary amides is 1. The number of hydrogen-bond acceptors (Lipinski definition) is 4. The molecule has 0 aliphatic carbocycles. The fraction of sp³-hybridized carbons (Fsp3) is 0.333. The molecule has 0 saturated carbocycles. The van der Waals surface area contributed by atoms with Crippen molar-refractivity contribution in [1.82, 2.24) is 15.6 Å². The molecule has 108 valence electrons. The number of carbonyl (C=O) groups is 3. The molecule has 0 spiro atoms. The van der Waals surface area contributed by atoms with Gasteiger partial charge in [0.2, 0.25) is 5.91 Å². The van der Waals surface area contributed by atoms with Crippen LogP contribution in [-0.4, -0.2) is 34.0 Å². The van der Waals surface area contributed by atoms with Crippen molar-refractivity contribution >= 4 is 17.9 Å². The molecule has 1 heterocycles. The lowest BCUT2D eigenvalue weighted by Crippen LogP contribution is -2.48. The van der Waals surface area contributed by atoms with Crippen LogP contribution in [0.4, 0.5) is 4.79 Å². The van der Waals surface area contributed by atoms with E-state index in [-0.39, 0.29) is 0 Å². The second-order valence-corrected chi connectivity index (χ2v) is 4.16. The molecule has 0 aliphatic heterocycles. The maximum atomic E-state index is 11.7. The number of aliphatic carboxylic acids is 1. The Morgan fingerprint density at radius 1 is 1.35 bits per heavy atom. The first-order valence-corrected chi connectivity index (χ1v) is 5.89. The predicted molar refractivity (Wildman–Crippen MR) is 69.6 cm³/mol. The number of aromatic nitrogens is 1. The topological polar surface area (TPSA) is 134 Å². The monoisotopic (exact) mass is 280 g/mol. The quantitative estimate of drug-likeness (QED) is 0.571. The van der Waals surface area contributed by atoms with Gasteiger partial charge >= 0.3 is 12.0 Å². The lowest BCUT2D eigenvalue weighted by atomic mass is 10.2. The maximum absolute atomic E-state index is 11.7. The Hall–Kier alpha value is -2.64. The molecule has 3 amide bonds. The Morgan fingerprint density at radius 3 is 2.55 bits per heavy atom. The molecule has 0 aliphatic rings. The Balaban J connectivity index is 2.57. The SMILES string of the molecule is CC(NC(=O)NC(CC(N)=O)C(=O)O)c1ccccn1. The van der Waals surface area contributed by atoms with Crippen molar-refractivity contribution in [2.24, 2.45) is 5.73 Å². The van der Waals surface area contributed by atoms with Crippen molar-refractivity contribution in [2.45, 2.75) is 25.4 Å². The van der Waals surface area contributed by atoms with Gasteiger partial charge in [-0.15, -0.1) is 0 Å². The molecule has 0 bridgehead atoms. The van der Waals surface area contributed by atoms with Crippen LogP contribution < -0.4 is 16.4 Å². The molecule has 1 rings (SSSR count). The van der Waals surface area contributed by atoms with Gasteiger partial charge in [-0.25, -0.2) is 9.59 Å². The van der Waals surface area contributed by atoms with E-state index < -0.39 is 36.4 Å². The molecule has 1 aromatic heterocycles. The number of hydrogen-bond donors (Lipinski definition) is 4. The average Bonchev–Trinajstić information content (AvgIpc) is 2.38. The van der Waals surface area contributed by atoms with Gasteiger partial charge in [0.15, 0.2) is 0 Å². The number of rotatable bonds is 6. The number of nitrogens with zero attached hydrogens (tertiary/aromatic N) is 1. The number of carbonyl (C=O) groups excluding carboxylic acids is 2. The van der Waals surface area contributed by atoms with E-state index in [0.717, 1.165) is 0 Å². The first-order chi connectivity index (χ1) is 9.40. The second kappa shape index (κ2) is 7.07. The van der Waals surface area contributed by atoms with Crippen LogP contribution in [0.15, 0.2) is 24.4 Å². The summed E-state index contributed by atoms with van der Waals surface area (Å²) < 4.78 is 0. The van der Waals surface area contributed by atoms with Crippen LogP contribution >= 0.6 is 0 Å². The van der Waals surface area contributed by atoms with E-state index >= 15 is 0 Å². The summed E-state index contributed by atoms with van der Waals surface area (Å²) in [7, 11) is 0. The van der Waals surface area contributed by atoms with Crippen LogP contribution in [0.1, 0.15) is 25.1 Å². The Kier molecular flexibility index (Phi) is 5.45. The van der Waals surface area contributed by atoms with E-state index in [1.807, 2.05) is 0 Å². The van der Waals surface area contributed by atoms with E-state index in [4.69, 9.17) is 10.8 Å². The number of nitrogens with two attached hydrogens (primary N) is 1. The van der Waals surface area contributed by atoms with Crippen molar-refractivity contribution in [1.29, 1.82) is 0 Å². The molecular weight excluding hydrogens is 264 g/mol. The molecule has 0 radical (unpaired) electrons. The molecule has 20 heavy (non-hydrogen) atoms. The fourth-order valence-electron chi connectivity index (χ4n) is 1.50. The van der Waals surface area contributed by atoms with E-state index in [0.29, 0.717) is 5.69 Å². The number of pyridine rings is 1. The first-order valence-electron chi connectivity index (χ1n) is 5.89. The van der Waals surface area contributed by atoms with Gasteiger partial charge in [0, 0.05) is 6.20 Å². The third-order valence-corrected chi connectivity index (χ3v) is 2.49. The van der Waals surface area contributed by atoms with Gasteiger partial charge < -0.3 is 21.5 Å². The molecule has 0 aromatic carbocycles. The zero-order valence-electron chi connectivity index (χ0n) is 10.9. The van der Waals surface area contributed by atoms with Crippen LogP contribution in [0.5, 0.6) is 0 Å². The zero-order valence-corrected chi connectivity index (χ0v) is 10.9. The van der Waals surface area contributed by atoms with Crippen LogP contribution in [0, 0.1) is 0 Å². The number of carboxylic acid groups (broad SMARTS) is 1. The standard InChI is InChI=1S/C12H16N4O4/c1-7(8-4-2-3-5-14-8)15-12(20)16-9(11(18)19)6-10(13)17/h2-5,7,9H,6H2,1H3,(H2,13,17)(H,18,19)(H2,15,16,20). The van der Waals surface area contributed by atoms with Gasteiger partial charge in [-0.2, -0.15) is 0 Å². The summed E-state index contributed by atoms with van der Waals surface area (Å²) in [6.45, 7) is 1.70. The van der Waals surface area contributed by atoms with Gasteiger partial charge in [0.05, 0.1) is 18.2 Å². The number of nitrogens with one attached hydrogen (secondary N) is 2. The van der Waals surface area contributed by atoms with E-state index in [2.05, 4.69) is 15.6 Å². The summed E-state index contributed by atoms with van der Waals surface area (Å²) in [4.78, 5) is 37.3. The molecular formula is C12H16N4O4. The number of carboxylic acids is 1. The first kappa shape index (κ1) is 15.4. The normalized spacial score (nSPS) is 13.1. The van der Waals surface area contributed by atoms with Crippen molar-refractivity contribution in [2.75, 3.05) is 0 Å². The Labute approximate surface area is 115 Å².